The Morgan fingerprint density at radius 2 is 2.05 bits per heavy atom. The molecule has 0 bridgehead atoms. The number of nitrogens with zero attached hydrogens (tertiary/aromatic N) is 4. The van der Waals surface area contributed by atoms with Gasteiger partial charge in [0.2, 0.25) is 0 Å². The third kappa shape index (κ3) is 1.47. The van der Waals surface area contributed by atoms with Gasteiger partial charge in [-0.25, -0.2) is 4.98 Å². The molecule has 0 fully saturated rings. The van der Waals surface area contributed by atoms with Gasteiger partial charge in [0, 0.05) is 25.7 Å². The van der Waals surface area contributed by atoms with E-state index in [0.29, 0.717) is 5.69 Å². The van der Waals surface area contributed by atoms with E-state index in [4.69, 9.17) is 0 Å². The number of aryl methyl sites for hydroxylation is 1. The first-order valence-corrected chi connectivity index (χ1v) is 6.47. The molecule has 1 aromatic heterocycles. The van der Waals surface area contributed by atoms with E-state index >= 15 is 0 Å². The number of nitro benzene ring substituents is 1. The lowest BCUT2D eigenvalue weighted by Crippen LogP contribution is -2.28. The van der Waals surface area contributed by atoms with E-state index in [1.807, 2.05) is 38.9 Å². The van der Waals surface area contributed by atoms with Crippen molar-refractivity contribution < 1.29 is 4.92 Å². The summed E-state index contributed by atoms with van der Waals surface area (Å²) in [6.07, 6.45) is 0. The predicted octanol–water partition coefficient (Wildman–Crippen LogP) is 2.81. The molecule has 1 aromatic carbocycles. The molecule has 1 aliphatic heterocycles. The van der Waals surface area contributed by atoms with E-state index in [1.165, 1.54) is 0 Å². The average molecular weight is 272 g/mol. The zero-order chi connectivity index (χ0) is 14.6. The number of benzene rings is 1. The molecule has 0 spiro atoms. The van der Waals surface area contributed by atoms with Crippen molar-refractivity contribution in [3.8, 4) is 11.3 Å². The lowest BCUT2D eigenvalue weighted by atomic mass is 9.96. The van der Waals surface area contributed by atoms with Crippen molar-refractivity contribution in [3.05, 3.63) is 39.8 Å². The fourth-order valence-electron chi connectivity index (χ4n) is 2.92. The van der Waals surface area contributed by atoms with Crippen LogP contribution in [0.1, 0.15) is 24.5 Å². The summed E-state index contributed by atoms with van der Waals surface area (Å²) in [7, 11) is 3.87. The van der Waals surface area contributed by atoms with Gasteiger partial charge in [-0.05, 0) is 13.8 Å². The highest BCUT2D eigenvalue weighted by molar-refractivity contribution is 5.87. The Bertz CT molecular complexity index is 720. The molecule has 1 unspecified atom stereocenters. The lowest BCUT2D eigenvalue weighted by Gasteiger charge is -2.33. The molecule has 0 saturated carbocycles. The largest absolute Gasteiger partial charge is 0.360 e. The molecule has 6 nitrogen and oxygen atoms in total. The second-order valence-corrected chi connectivity index (χ2v) is 5.17. The van der Waals surface area contributed by atoms with Gasteiger partial charge in [0.25, 0.3) is 5.69 Å². The third-order valence-electron chi connectivity index (χ3n) is 4.16. The van der Waals surface area contributed by atoms with Crippen molar-refractivity contribution in [2.24, 2.45) is 7.05 Å². The zero-order valence-corrected chi connectivity index (χ0v) is 11.9. The van der Waals surface area contributed by atoms with Gasteiger partial charge in [0.1, 0.15) is 11.5 Å². The quantitative estimate of drug-likeness (QED) is 0.591. The monoisotopic (exact) mass is 272 g/mol. The highest BCUT2D eigenvalue weighted by Gasteiger charge is 2.34. The summed E-state index contributed by atoms with van der Waals surface area (Å²) in [5, 5.41) is 11.3. The van der Waals surface area contributed by atoms with E-state index in [2.05, 4.69) is 9.55 Å². The molecule has 0 N–H and O–H groups in total. The Kier molecular flexibility index (Phi) is 2.57. The van der Waals surface area contributed by atoms with Gasteiger partial charge >= 0.3 is 0 Å². The van der Waals surface area contributed by atoms with E-state index in [9.17, 15) is 10.1 Å². The second-order valence-electron chi connectivity index (χ2n) is 5.17. The van der Waals surface area contributed by atoms with Crippen LogP contribution in [-0.4, -0.2) is 21.5 Å². The van der Waals surface area contributed by atoms with Crippen LogP contribution in [0.25, 0.3) is 11.3 Å². The molecule has 0 saturated heterocycles. The summed E-state index contributed by atoms with van der Waals surface area (Å²) in [5.74, 6) is 0.912. The number of nitro groups is 1. The molecule has 0 aliphatic carbocycles. The fourth-order valence-corrected chi connectivity index (χ4v) is 2.92. The highest BCUT2D eigenvalue weighted by Crippen LogP contribution is 2.47. The van der Waals surface area contributed by atoms with Gasteiger partial charge in [-0.2, -0.15) is 0 Å². The number of anilines is 1. The maximum Gasteiger partial charge on any atom is 0.293 e. The molecule has 20 heavy (non-hydrogen) atoms. The third-order valence-corrected chi connectivity index (χ3v) is 4.16. The minimum Gasteiger partial charge on any atom is -0.360 e. The molecular weight excluding hydrogens is 256 g/mol. The van der Waals surface area contributed by atoms with Crippen LogP contribution >= 0.6 is 0 Å². The summed E-state index contributed by atoms with van der Waals surface area (Å²) >= 11 is 0. The smallest absolute Gasteiger partial charge is 0.293 e. The number of imidazole rings is 1. The molecule has 1 aliphatic rings. The van der Waals surface area contributed by atoms with E-state index in [1.54, 1.807) is 12.1 Å². The molecule has 3 rings (SSSR count). The van der Waals surface area contributed by atoms with Crippen LogP contribution in [-0.2, 0) is 7.05 Å². The minimum absolute atomic E-state index is 0.0461. The van der Waals surface area contributed by atoms with Crippen molar-refractivity contribution in [3.63, 3.8) is 0 Å². The van der Waals surface area contributed by atoms with Crippen LogP contribution in [0, 0.1) is 17.0 Å². The van der Waals surface area contributed by atoms with Crippen LogP contribution in [0.3, 0.4) is 0 Å². The Labute approximate surface area is 116 Å². The average Bonchev–Trinajstić information content (AvgIpc) is 2.71. The Hall–Kier alpha value is -2.37. The summed E-state index contributed by atoms with van der Waals surface area (Å²) in [4.78, 5) is 17.5. The molecule has 2 heterocycles. The molecule has 2 aromatic rings. The zero-order valence-electron chi connectivity index (χ0n) is 11.9. The number of para-hydroxylation sites is 1. The molecule has 1 atom stereocenters. The Morgan fingerprint density at radius 3 is 2.70 bits per heavy atom. The normalized spacial score (nSPS) is 16.8. The van der Waals surface area contributed by atoms with Crippen LogP contribution in [0.15, 0.2) is 18.2 Å². The molecular formula is C14H16N4O2. The van der Waals surface area contributed by atoms with E-state index < -0.39 is 0 Å². The fraction of sp³-hybridized carbons (Fsp3) is 0.357. The summed E-state index contributed by atoms with van der Waals surface area (Å²) < 4.78 is 2.05. The first kappa shape index (κ1) is 12.7. The number of rotatable bonds is 1. The first-order valence-electron chi connectivity index (χ1n) is 6.47. The molecule has 0 radical (unpaired) electrons. The summed E-state index contributed by atoms with van der Waals surface area (Å²) in [6.45, 7) is 3.99. The van der Waals surface area contributed by atoms with Crippen molar-refractivity contribution >= 4 is 11.4 Å². The number of fused-ring (bicyclic) bond motifs is 3. The summed E-state index contributed by atoms with van der Waals surface area (Å²) in [6, 6.07) is 5.21. The Morgan fingerprint density at radius 1 is 1.35 bits per heavy atom. The van der Waals surface area contributed by atoms with Crippen molar-refractivity contribution in [1.29, 1.82) is 0 Å². The van der Waals surface area contributed by atoms with Crippen LogP contribution in [0.5, 0.6) is 0 Å². The maximum absolute atomic E-state index is 11.3. The second kappa shape index (κ2) is 4.06. The predicted molar refractivity (Wildman–Crippen MR) is 76.9 cm³/mol. The molecule has 0 amide bonds. The minimum atomic E-state index is -0.331. The lowest BCUT2D eigenvalue weighted by molar-refractivity contribution is -0.384. The van der Waals surface area contributed by atoms with Crippen molar-refractivity contribution in [2.45, 2.75) is 19.9 Å². The van der Waals surface area contributed by atoms with Gasteiger partial charge in [-0.3, -0.25) is 10.1 Å². The number of hydrogen-bond donors (Lipinski definition) is 0. The Balaban J connectivity index is 2.38. The molecule has 6 heteroatoms. The topological polar surface area (TPSA) is 64.2 Å². The van der Waals surface area contributed by atoms with Gasteiger partial charge in [0.05, 0.1) is 22.4 Å². The van der Waals surface area contributed by atoms with Gasteiger partial charge in [-0.1, -0.05) is 12.1 Å². The van der Waals surface area contributed by atoms with Crippen molar-refractivity contribution in [1.82, 2.24) is 9.55 Å². The van der Waals surface area contributed by atoms with Gasteiger partial charge in [0.15, 0.2) is 0 Å². The van der Waals surface area contributed by atoms with Crippen LogP contribution < -0.4 is 4.90 Å². The van der Waals surface area contributed by atoms with Crippen molar-refractivity contribution in [2.75, 3.05) is 11.9 Å². The standard InChI is InChI=1S/C14H16N4O2/c1-8-13-12(15-9(2)17(13)4)10-6-5-7-11(18(19)20)14(10)16(8)3/h5-8H,1-4H3. The van der Waals surface area contributed by atoms with E-state index in [-0.39, 0.29) is 16.7 Å². The highest BCUT2D eigenvalue weighted by atomic mass is 16.6. The molecule has 104 valence electrons. The van der Waals surface area contributed by atoms with Gasteiger partial charge < -0.3 is 9.47 Å². The van der Waals surface area contributed by atoms with Crippen LogP contribution in [0.4, 0.5) is 11.4 Å². The van der Waals surface area contributed by atoms with E-state index in [0.717, 1.165) is 22.8 Å². The summed E-state index contributed by atoms with van der Waals surface area (Å²) in [5.41, 5.74) is 3.56. The van der Waals surface area contributed by atoms with Crippen LogP contribution in [0.2, 0.25) is 0 Å². The van der Waals surface area contributed by atoms with Gasteiger partial charge in [-0.15, -0.1) is 0 Å². The number of aromatic nitrogens is 2. The maximum atomic E-state index is 11.3. The number of hydrogen-bond acceptors (Lipinski definition) is 4. The SMILES string of the molecule is Cc1nc2c(n1C)C(C)N(C)c1c-2cccc1[N+](=O)[O-]. The first-order chi connectivity index (χ1) is 9.43.